The number of carbonyl (C=O) groups is 2. The lowest BCUT2D eigenvalue weighted by Gasteiger charge is -2.30. The fourth-order valence-electron chi connectivity index (χ4n) is 3.54. The number of carbonyl (C=O) groups excluding carboxylic acids is 2. The number of anilines is 1. The molecule has 162 valence electrons. The second-order valence-corrected chi connectivity index (χ2v) is 8.59. The van der Waals surface area contributed by atoms with E-state index in [0.717, 1.165) is 24.3 Å². The fourth-order valence-corrected chi connectivity index (χ4v) is 4.39. The molecule has 2 aromatic heterocycles. The van der Waals surface area contributed by atoms with Gasteiger partial charge in [-0.1, -0.05) is 22.8 Å². The van der Waals surface area contributed by atoms with Crippen molar-refractivity contribution in [2.75, 3.05) is 25.5 Å². The first-order chi connectivity index (χ1) is 15.0. The van der Waals surface area contributed by atoms with Crippen molar-refractivity contribution >= 4 is 40.5 Å². The maximum absolute atomic E-state index is 12.8. The van der Waals surface area contributed by atoms with Crippen LogP contribution < -0.4 is 5.32 Å². The van der Waals surface area contributed by atoms with Crippen molar-refractivity contribution in [2.24, 2.45) is 5.92 Å². The van der Waals surface area contributed by atoms with Crippen LogP contribution in [0.2, 0.25) is 5.02 Å². The van der Waals surface area contributed by atoms with Gasteiger partial charge in [-0.15, -0.1) is 11.3 Å². The van der Waals surface area contributed by atoms with Gasteiger partial charge in [0.05, 0.1) is 35.0 Å². The monoisotopic (exact) mass is 460 g/mol. The van der Waals surface area contributed by atoms with Crippen molar-refractivity contribution in [1.29, 1.82) is 0 Å². The molecule has 1 amide bonds. The molecule has 3 aromatic rings. The first-order valence-electron chi connectivity index (χ1n) is 9.81. The maximum Gasteiger partial charge on any atom is 0.339 e. The van der Waals surface area contributed by atoms with Gasteiger partial charge in [-0.05, 0) is 49.0 Å². The Labute approximate surface area is 188 Å². The molecule has 1 aliphatic heterocycles. The Morgan fingerprint density at radius 2 is 2.26 bits per heavy atom. The van der Waals surface area contributed by atoms with Gasteiger partial charge < -0.3 is 14.6 Å². The van der Waals surface area contributed by atoms with E-state index in [1.54, 1.807) is 23.5 Å². The molecule has 0 bridgehead atoms. The third-order valence-corrected chi connectivity index (χ3v) is 6.28. The zero-order chi connectivity index (χ0) is 21.8. The van der Waals surface area contributed by atoms with Gasteiger partial charge in [0.15, 0.2) is 0 Å². The Balaban J connectivity index is 1.37. The summed E-state index contributed by atoms with van der Waals surface area (Å²) >= 11 is 7.60. The average Bonchev–Trinajstić information content (AvgIpc) is 3.47. The number of methoxy groups -OCH3 is 1. The lowest BCUT2D eigenvalue weighted by atomic mass is 9.97. The first-order valence-corrected chi connectivity index (χ1v) is 11.1. The molecule has 1 saturated heterocycles. The van der Waals surface area contributed by atoms with E-state index in [1.807, 2.05) is 17.5 Å². The Kier molecular flexibility index (Phi) is 6.64. The molecule has 1 aromatic carbocycles. The number of aromatic nitrogens is 2. The number of amides is 1. The second kappa shape index (κ2) is 9.59. The molecular formula is C21H21ClN4O4S. The van der Waals surface area contributed by atoms with Crippen LogP contribution in [0, 0.1) is 5.92 Å². The van der Waals surface area contributed by atoms with E-state index in [9.17, 15) is 9.59 Å². The fraction of sp³-hybridized carbons (Fsp3) is 0.333. The lowest BCUT2D eigenvalue weighted by Crippen LogP contribution is -2.40. The molecule has 31 heavy (non-hydrogen) atoms. The average molecular weight is 461 g/mol. The number of likely N-dealkylation sites (tertiary alicyclic amines) is 1. The highest BCUT2D eigenvalue weighted by Crippen LogP contribution is 2.25. The van der Waals surface area contributed by atoms with E-state index in [0.29, 0.717) is 30.5 Å². The number of thiophene rings is 1. The van der Waals surface area contributed by atoms with Gasteiger partial charge in [-0.2, -0.15) is 4.98 Å². The van der Waals surface area contributed by atoms with Gasteiger partial charge >= 0.3 is 5.97 Å². The Morgan fingerprint density at radius 1 is 1.39 bits per heavy atom. The minimum absolute atomic E-state index is 0.104. The van der Waals surface area contributed by atoms with Crippen LogP contribution in [0.1, 0.15) is 29.1 Å². The van der Waals surface area contributed by atoms with E-state index < -0.39 is 5.97 Å². The highest BCUT2D eigenvalue weighted by molar-refractivity contribution is 7.13. The maximum atomic E-state index is 12.8. The van der Waals surface area contributed by atoms with Crippen LogP contribution >= 0.6 is 22.9 Å². The predicted molar refractivity (Wildman–Crippen MR) is 117 cm³/mol. The van der Waals surface area contributed by atoms with Crippen molar-refractivity contribution < 1.29 is 18.8 Å². The summed E-state index contributed by atoms with van der Waals surface area (Å²) < 4.78 is 10.1. The van der Waals surface area contributed by atoms with Crippen LogP contribution in [0.3, 0.4) is 0 Å². The third kappa shape index (κ3) is 5.12. The van der Waals surface area contributed by atoms with Crippen molar-refractivity contribution in [3.05, 3.63) is 52.2 Å². The second-order valence-electron chi connectivity index (χ2n) is 7.24. The molecular weight excluding hydrogens is 440 g/mol. The van der Waals surface area contributed by atoms with Gasteiger partial charge in [0, 0.05) is 12.2 Å². The van der Waals surface area contributed by atoms with Gasteiger partial charge in [0.1, 0.15) is 0 Å². The number of nitrogens with zero attached hydrogens (tertiary/aromatic N) is 3. The smallest absolute Gasteiger partial charge is 0.339 e. The Morgan fingerprint density at radius 3 is 3.03 bits per heavy atom. The summed E-state index contributed by atoms with van der Waals surface area (Å²) in [4.78, 5) is 32.2. The molecule has 3 heterocycles. The van der Waals surface area contributed by atoms with Crippen molar-refractivity contribution in [3.63, 3.8) is 0 Å². The number of esters is 1. The minimum Gasteiger partial charge on any atom is -0.465 e. The third-order valence-electron chi connectivity index (χ3n) is 5.08. The Hall–Kier alpha value is -2.75. The number of benzene rings is 1. The lowest BCUT2D eigenvalue weighted by molar-refractivity contribution is -0.121. The van der Waals surface area contributed by atoms with Gasteiger partial charge in [-0.25, -0.2) is 4.79 Å². The molecule has 0 radical (unpaired) electrons. The summed E-state index contributed by atoms with van der Waals surface area (Å²) in [6, 6.07) is 8.65. The molecule has 8 nitrogen and oxygen atoms in total. The number of hydrogen-bond acceptors (Lipinski definition) is 8. The van der Waals surface area contributed by atoms with Crippen LogP contribution in [-0.4, -0.2) is 47.1 Å². The highest BCUT2D eigenvalue weighted by Gasteiger charge is 2.27. The standard InChI is InChI=1S/C21H21ClN4O4S/c1-29-21(28)15-10-14(6-7-16(15)22)23-20(27)13-4-2-8-26(11-13)12-18-24-19(25-30-18)17-5-3-9-31-17/h3,5-7,9-10,13H,2,4,8,11-12H2,1H3,(H,23,27). The summed E-state index contributed by atoms with van der Waals surface area (Å²) in [5.41, 5.74) is 0.717. The molecule has 1 N–H and O–H groups in total. The topological polar surface area (TPSA) is 97.6 Å². The summed E-state index contributed by atoms with van der Waals surface area (Å²) in [6.45, 7) is 1.93. The van der Waals surface area contributed by atoms with Crippen LogP contribution in [-0.2, 0) is 16.1 Å². The van der Waals surface area contributed by atoms with E-state index in [1.165, 1.54) is 13.2 Å². The molecule has 0 saturated carbocycles. The van der Waals surface area contributed by atoms with E-state index in [-0.39, 0.29) is 22.4 Å². The van der Waals surface area contributed by atoms with Crippen molar-refractivity contribution in [3.8, 4) is 10.7 Å². The number of nitrogens with one attached hydrogen (secondary N) is 1. The molecule has 1 unspecified atom stereocenters. The SMILES string of the molecule is COC(=O)c1cc(NC(=O)C2CCCN(Cc3nc(-c4cccs4)no3)C2)ccc1Cl. The molecule has 4 rings (SSSR count). The van der Waals surface area contributed by atoms with E-state index in [2.05, 4.69) is 20.4 Å². The molecule has 1 atom stereocenters. The van der Waals surface area contributed by atoms with Gasteiger partial charge in [-0.3, -0.25) is 9.69 Å². The number of halogens is 1. The number of piperidine rings is 1. The molecule has 0 spiro atoms. The zero-order valence-corrected chi connectivity index (χ0v) is 18.4. The van der Waals surface area contributed by atoms with Crippen molar-refractivity contribution in [2.45, 2.75) is 19.4 Å². The first kappa shape index (κ1) is 21.5. The van der Waals surface area contributed by atoms with E-state index >= 15 is 0 Å². The summed E-state index contributed by atoms with van der Waals surface area (Å²) in [6.07, 6.45) is 1.67. The molecule has 1 fully saturated rings. The highest BCUT2D eigenvalue weighted by atomic mass is 35.5. The quantitative estimate of drug-likeness (QED) is 0.553. The minimum atomic E-state index is -0.550. The van der Waals surface area contributed by atoms with Gasteiger partial charge in [0.25, 0.3) is 0 Å². The van der Waals surface area contributed by atoms with Crippen LogP contribution in [0.15, 0.2) is 40.2 Å². The normalized spacial score (nSPS) is 16.8. The molecule has 10 heteroatoms. The number of ether oxygens (including phenoxy) is 1. The van der Waals surface area contributed by atoms with Gasteiger partial charge in [0.2, 0.25) is 17.6 Å². The van der Waals surface area contributed by atoms with Crippen LogP contribution in [0.5, 0.6) is 0 Å². The largest absolute Gasteiger partial charge is 0.465 e. The number of rotatable bonds is 6. The molecule has 1 aliphatic rings. The van der Waals surface area contributed by atoms with Crippen LogP contribution in [0.25, 0.3) is 10.7 Å². The Bertz CT molecular complexity index is 1070. The number of hydrogen-bond donors (Lipinski definition) is 1. The predicted octanol–water partition coefficient (Wildman–Crippen LogP) is 4.09. The summed E-state index contributed by atoms with van der Waals surface area (Å²) in [5, 5.41) is 9.16. The summed E-state index contributed by atoms with van der Waals surface area (Å²) in [7, 11) is 1.29. The summed E-state index contributed by atoms with van der Waals surface area (Å²) in [5.74, 6) is 0.273. The molecule has 0 aliphatic carbocycles. The van der Waals surface area contributed by atoms with E-state index in [4.69, 9.17) is 20.9 Å². The van der Waals surface area contributed by atoms with Crippen molar-refractivity contribution in [1.82, 2.24) is 15.0 Å². The van der Waals surface area contributed by atoms with Crippen LogP contribution in [0.4, 0.5) is 5.69 Å². The zero-order valence-electron chi connectivity index (χ0n) is 16.8.